The summed E-state index contributed by atoms with van der Waals surface area (Å²) < 4.78 is 0. The molecule has 6 N–H and O–H groups in total. The maximum atomic E-state index is 11.7. The predicted octanol–water partition coefficient (Wildman–Crippen LogP) is -1.41. The molecule has 1 unspecified atom stereocenters. The molecule has 2 amide bonds. The number of aliphatic imine (C=N–C) groups is 1. The highest BCUT2D eigenvalue weighted by Crippen LogP contribution is 1.98. The lowest BCUT2D eigenvalue weighted by molar-refractivity contribution is -0.128. The topological polar surface area (TPSA) is 123 Å². The number of thiol groups is 1. The van der Waals surface area contributed by atoms with E-state index in [1.165, 1.54) is 6.92 Å². The molecule has 0 aromatic carbocycles. The molecular weight excluding hydrogens is 254 g/mol. The number of amides is 2. The van der Waals surface area contributed by atoms with E-state index in [1.807, 2.05) is 0 Å². The zero-order valence-corrected chi connectivity index (χ0v) is 11.4. The molecule has 0 fully saturated rings. The van der Waals surface area contributed by atoms with E-state index in [0.717, 1.165) is 0 Å². The maximum Gasteiger partial charge on any atom is 0.242 e. The van der Waals surface area contributed by atoms with Gasteiger partial charge < -0.3 is 22.1 Å². The number of nitrogens with zero attached hydrogens (tertiary/aromatic N) is 1. The summed E-state index contributed by atoms with van der Waals surface area (Å²) >= 11 is 3.99. The Kier molecular flexibility index (Phi) is 8.81. The first kappa shape index (κ1) is 16.6. The maximum absolute atomic E-state index is 11.7. The summed E-state index contributed by atoms with van der Waals surface area (Å²) in [6.45, 7) is 2.26. The van der Waals surface area contributed by atoms with E-state index in [1.54, 1.807) is 0 Å². The zero-order chi connectivity index (χ0) is 14.0. The van der Waals surface area contributed by atoms with Gasteiger partial charge in [0.1, 0.15) is 6.04 Å². The van der Waals surface area contributed by atoms with Crippen LogP contribution in [0.1, 0.15) is 19.8 Å². The van der Waals surface area contributed by atoms with Crippen LogP contribution in [0.4, 0.5) is 0 Å². The molecule has 104 valence electrons. The van der Waals surface area contributed by atoms with Gasteiger partial charge >= 0.3 is 0 Å². The van der Waals surface area contributed by atoms with Crippen LogP contribution in [0.15, 0.2) is 4.99 Å². The van der Waals surface area contributed by atoms with Crippen molar-refractivity contribution in [1.82, 2.24) is 10.6 Å². The van der Waals surface area contributed by atoms with E-state index in [-0.39, 0.29) is 17.8 Å². The van der Waals surface area contributed by atoms with Gasteiger partial charge in [-0.3, -0.25) is 14.6 Å². The Morgan fingerprint density at radius 2 is 2.06 bits per heavy atom. The van der Waals surface area contributed by atoms with Crippen LogP contribution < -0.4 is 22.1 Å². The summed E-state index contributed by atoms with van der Waals surface area (Å²) in [6, 6.07) is -0.559. The van der Waals surface area contributed by atoms with Crippen LogP contribution in [0, 0.1) is 0 Å². The van der Waals surface area contributed by atoms with Crippen molar-refractivity contribution < 1.29 is 9.59 Å². The normalized spacial score (nSPS) is 11.4. The fourth-order valence-corrected chi connectivity index (χ4v) is 1.43. The second-order valence-electron chi connectivity index (χ2n) is 3.72. The fourth-order valence-electron chi connectivity index (χ4n) is 1.32. The SMILES string of the molecule is CC(=O)NC(CCCN=C(N)N)C(=O)NCCS. The van der Waals surface area contributed by atoms with Gasteiger partial charge in [0, 0.05) is 25.8 Å². The van der Waals surface area contributed by atoms with Crippen molar-refractivity contribution in [2.24, 2.45) is 16.5 Å². The summed E-state index contributed by atoms with van der Waals surface area (Å²) in [5, 5.41) is 5.26. The van der Waals surface area contributed by atoms with Crippen LogP contribution >= 0.6 is 12.6 Å². The Morgan fingerprint density at radius 1 is 1.39 bits per heavy atom. The largest absolute Gasteiger partial charge is 0.370 e. The number of hydrogen-bond donors (Lipinski definition) is 5. The Bertz CT molecular complexity index is 305. The lowest BCUT2D eigenvalue weighted by Crippen LogP contribution is -2.46. The molecule has 18 heavy (non-hydrogen) atoms. The zero-order valence-electron chi connectivity index (χ0n) is 10.5. The summed E-state index contributed by atoms with van der Waals surface area (Å²) in [4.78, 5) is 26.5. The second kappa shape index (κ2) is 9.58. The van der Waals surface area contributed by atoms with Gasteiger partial charge in [-0.05, 0) is 12.8 Å². The minimum absolute atomic E-state index is 0.0191. The molecule has 0 aliphatic rings. The predicted molar refractivity (Wildman–Crippen MR) is 74.4 cm³/mol. The van der Waals surface area contributed by atoms with Crippen molar-refractivity contribution in [1.29, 1.82) is 0 Å². The number of rotatable bonds is 8. The number of carbonyl (C=O) groups excluding carboxylic acids is 2. The van der Waals surface area contributed by atoms with Gasteiger partial charge in [0.15, 0.2) is 5.96 Å². The average molecular weight is 275 g/mol. The van der Waals surface area contributed by atoms with E-state index in [0.29, 0.717) is 31.7 Å². The Hall–Kier alpha value is -1.44. The van der Waals surface area contributed by atoms with Gasteiger partial charge in [0.05, 0.1) is 0 Å². The van der Waals surface area contributed by atoms with E-state index >= 15 is 0 Å². The van der Waals surface area contributed by atoms with Crippen molar-refractivity contribution >= 4 is 30.4 Å². The lowest BCUT2D eigenvalue weighted by Gasteiger charge is -2.16. The molecular formula is C10H21N5O2S. The van der Waals surface area contributed by atoms with E-state index in [4.69, 9.17) is 11.5 Å². The smallest absolute Gasteiger partial charge is 0.242 e. The number of hydrogen-bond acceptors (Lipinski definition) is 4. The quantitative estimate of drug-likeness (QED) is 0.162. The van der Waals surface area contributed by atoms with Gasteiger partial charge in [0.2, 0.25) is 11.8 Å². The van der Waals surface area contributed by atoms with Gasteiger partial charge in [-0.2, -0.15) is 12.6 Å². The number of nitrogens with one attached hydrogen (secondary N) is 2. The Balaban J connectivity index is 4.17. The highest BCUT2D eigenvalue weighted by molar-refractivity contribution is 7.80. The van der Waals surface area contributed by atoms with E-state index < -0.39 is 6.04 Å². The minimum atomic E-state index is -0.559. The first-order valence-electron chi connectivity index (χ1n) is 5.68. The molecule has 0 radical (unpaired) electrons. The molecule has 0 aliphatic carbocycles. The third kappa shape index (κ3) is 8.68. The molecule has 0 aliphatic heterocycles. The van der Waals surface area contributed by atoms with Crippen molar-refractivity contribution in [3.8, 4) is 0 Å². The first-order chi connectivity index (χ1) is 8.47. The van der Waals surface area contributed by atoms with Crippen molar-refractivity contribution in [2.45, 2.75) is 25.8 Å². The van der Waals surface area contributed by atoms with Crippen LogP contribution in [0.2, 0.25) is 0 Å². The molecule has 1 atom stereocenters. The van der Waals surface area contributed by atoms with Crippen LogP contribution in [0.25, 0.3) is 0 Å². The van der Waals surface area contributed by atoms with Crippen LogP contribution in [-0.4, -0.2) is 42.7 Å². The van der Waals surface area contributed by atoms with Gasteiger partial charge in [0.25, 0.3) is 0 Å². The summed E-state index contributed by atoms with van der Waals surface area (Å²) in [5.74, 6) is 0.101. The number of nitrogens with two attached hydrogens (primary N) is 2. The minimum Gasteiger partial charge on any atom is -0.370 e. The molecule has 0 heterocycles. The van der Waals surface area contributed by atoms with Gasteiger partial charge in [-0.15, -0.1) is 0 Å². The van der Waals surface area contributed by atoms with Gasteiger partial charge in [-0.1, -0.05) is 0 Å². The first-order valence-corrected chi connectivity index (χ1v) is 6.31. The van der Waals surface area contributed by atoms with Gasteiger partial charge in [-0.25, -0.2) is 0 Å². The van der Waals surface area contributed by atoms with Crippen LogP contribution in [0.3, 0.4) is 0 Å². The summed E-state index contributed by atoms with van der Waals surface area (Å²) in [5.41, 5.74) is 10.4. The van der Waals surface area contributed by atoms with Crippen LogP contribution in [-0.2, 0) is 9.59 Å². The Labute approximate surface area is 112 Å². The molecule has 0 aromatic rings. The van der Waals surface area contributed by atoms with Crippen molar-refractivity contribution in [2.75, 3.05) is 18.8 Å². The third-order valence-corrected chi connectivity index (χ3v) is 2.27. The van der Waals surface area contributed by atoms with Crippen molar-refractivity contribution in [3.05, 3.63) is 0 Å². The standard InChI is InChI=1S/C10H21N5O2S/c1-7(16)15-8(9(17)13-5-6-18)3-2-4-14-10(11)12/h8,18H,2-6H2,1H3,(H,13,17)(H,15,16)(H4,11,12,14). The summed E-state index contributed by atoms with van der Waals surface area (Å²) in [6.07, 6.45) is 1.09. The van der Waals surface area contributed by atoms with Crippen LogP contribution in [0.5, 0.6) is 0 Å². The number of carbonyl (C=O) groups is 2. The lowest BCUT2D eigenvalue weighted by atomic mass is 10.1. The van der Waals surface area contributed by atoms with E-state index in [2.05, 4.69) is 28.3 Å². The summed E-state index contributed by atoms with van der Waals surface area (Å²) in [7, 11) is 0. The molecule has 0 bridgehead atoms. The molecule has 8 heteroatoms. The number of guanidine groups is 1. The molecule has 0 aromatic heterocycles. The third-order valence-electron chi connectivity index (χ3n) is 2.05. The molecule has 0 saturated heterocycles. The highest BCUT2D eigenvalue weighted by atomic mass is 32.1. The molecule has 0 rings (SSSR count). The average Bonchev–Trinajstić information content (AvgIpc) is 2.29. The fraction of sp³-hybridized carbons (Fsp3) is 0.700. The second-order valence-corrected chi connectivity index (χ2v) is 4.16. The highest BCUT2D eigenvalue weighted by Gasteiger charge is 2.18. The Morgan fingerprint density at radius 3 is 2.56 bits per heavy atom. The van der Waals surface area contributed by atoms with E-state index in [9.17, 15) is 9.59 Å². The molecule has 0 saturated carbocycles. The van der Waals surface area contributed by atoms with Crippen molar-refractivity contribution in [3.63, 3.8) is 0 Å². The molecule has 0 spiro atoms. The monoisotopic (exact) mass is 275 g/mol. The molecule has 7 nitrogen and oxygen atoms in total.